The largest absolute Gasteiger partial charge is 0.497 e. The van der Waals surface area contributed by atoms with Crippen LogP contribution in [0, 0.1) is 11.7 Å². The summed E-state index contributed by atoms with van der Waals surface area (Å²) in [5.41, 5.74) is 1.40. The van der Waals surface area contributed by atoms with Crippen molar-refractivity contribution < 1.29 is 18.7 Å². The first kappa shape index (κ1) is 18.2. The molecule has 1 heterocycles. The van der Waals surface area contributed by atoms with Gasteiger partial charge in [-0.2, -0.15) is 0 Å². The summed E-state index contributed by atoms with van der Waals surface area (Å²) in [6, 6.07) is 11.5. The van der Waals surface area contributed by atoms with Crippen LogP contribution in [0.2, 0.25) is 5.02 Å². The number of nitrogens with one attached hydrogen (secondary N) is 1. The number of halogens is 2. The summed E-state index contributed by atoms with van der Waals surface area (Å²) < 4.78 is 18.5. The number of amides is 2. The average Bonchev–Trinajstić information content (AvgIpc) is 3.04. The van der Waals surface area contributed by atoms with E-state index in [2.05, 4.69) is 5.32 Å². The molecule has 1 atom stereocenters. The Labute approximate surface area is 155 Å². The highest BCUT2D eigenvalue weighted by Crippen LogP contribution is 2.28. The minimum absolute atomic E-state index is 0.0544. The van der Waals surface area contributed by atoms with Crippen LogP contribution in [0.5, 0.6) is 5.75 Å². The Morgan fingerprint density at radius 2 is 2.15 bits per heavy atom. The third-order valence-corrected chi connectivity index (χ3v) is 4.60. The second-order valence-electron chi connectivity index (χ2n) is 6.07. The predicted octanol–water partition coefficient (Wildman–Crippen LogP) is 3.16. The molecule has 0 saturated carbocycles. The lowest BCUT2D eigenvalue weighted by atomic mass is 10.1. The van der Waals surface area contributed by atoms with E-state index in [9.17, 15) is 14.0 Å². The topological polar surface area (TPSA) is 58.6 Å². The van der Waals surface area contributed by atoms with E-state index in [1.54, 1.807) is 7.11 Å². The van der Waals surface area contributed by atoms with Crippen LogP contribution < -0.4 is 15.0 Å². The Hall–Kier alpha value is -2.60. The number of carbonyl (C=O) groups excluding carboxylic acids is 2. The molecule has 0 spiro atoms. The second-order valence-corrected chi connectivity index (χ2v) is 6.48. The van der Waals surface area contributed by atoms with Gasteiger partial charge >= 0.3 is 0 Å². The Morgan fingerprint density at radius 1 is 1.35 bits per heavy atom. The van der Waals surface area contributed by atoms with Crippen LogP contribution in [-0.4, -0.2) is 25.5 Å². The van der Waals surface area contributed by atoms with Crippen LogP contribution in [-0.2, 0) is 16.1 Å². The van der Waals surface area contributed by atoms with Crippen LogP contribution in [0.4, 0.5) is 10.1 Å². The van der Waals surface area contributed by atoms with Crippen LogP contribution in [0.15, 0.2) is 42.5 Å². The Kier molecular flexibility index (Phi) is 5.42. The average molecular weight is 377 g/mol. The van der Waals surface area contributed by atoms with Crippen molar-refractivity contribution in [2.75, 3.05) is 18.6 Å². The SMILES string of the molecule is COc1cccc(CNC(=O)[C@H]2CC(=O)N(c3ccc(F)c(Cl)c3)C2)c1. The van der Waals surface area contributed by atoms with Gasteiger partial charge in [0.25, 0.3) is 0 Å². The maximum absolute atomic E-state index is 13.3. The van der Waals surface area contributed by atoms with E-state index in [0.717, 1.165) is 5.56 Å². The molecule has 0 unspecified atom stereocenters. The summed E-state index contributed by atoms with van der Waals surface area (Å²) in [5.74, 6) is -0.676. The number of benzene rings is 2. The minimum Gasteiger partial charge on any atom is -0.497 e. The summed E-state index contributed by atoms with van der Waals surface area (Å²) in [6.07, 6.45) is 0.110. The number of hydrogen-bond donors (Lipinski definition) is 1. The highest BCUT2D eigenvalue weighted by Gasteiger charge is 2.35. The lowest BCUT2D eigenvalue weighted by Gasteiger charge is -2.17. The summed E-state index contributed by atoms with van der Waals surface area (Å²) in [6.45, 7) is 0.591. The number of ether oxygens (including phenoxy) is 1. The Morgan fingerprint density at radius 3 is 2.88 bits per heavy atom. The zero-order valence-electron chi connectivity index (χ0n) is 14.2. The Bertz CT molecular complexity index is 843. The van der Waals surface area contributed by atoms with E-state index in [0.29, 0.717) is 18.0 Å². The van der Waals surface area contributed by atoms with Crippen molar-refractivity contribution in [3.63, 3.8) is 0 Å². The monoisotopic (exact) mass is 376 g/mol. The predicted molar refractivity (Wildman–Crippen MR) is 96.7 cm³/mol. The molecule has 2 amide bonds. The van der Waals surface area contributed by atoms with Gasteiger partial charge in [0.05, 0.1) is 18.1 Å². The lowest BCUT2D eigenvalue weighted by Crippen LogP contribution is -2.32. The van der Waals surface area contributed by atoms with Crippen molar-refractivity contribution in [3.8, 4) is 5.75 Å². The molecule has 136 valence electrons. The van der Waals surface area contributed by atoms with Crippen molar-refractivity contribution in [2.24, 2.45) is 5.92 Å². The van der Waals surface area contributed by atoms with Gasteiger partial charge in [0, 0.05) is 25.2 Å². The highest BCUT2D eigenvalue weighted by molar-refractivity contribution is 6.31. The molecule has 0 aromatic heterocycles. The van der Waals surface area contributed by atoms with Gasteiger partial charge in [-0.05, 0) is 35.9 Å². The summed E-state index contributed by atoms with van der Waals surface area (Å²) in [7, 11) is 1.58. The van der Waals surface area contributed by atoms with Crippen molar-refractivity contribution in [2.45, 2.75) is 13.0 Å². The number of anilines is 1. The maximum Gasteiger partial charge on any atom is 0.227 e. The molecule has 1 N–H and O–H groups in total. The summed E-state index contributed by atoms with van der Waals surface area (Å²) >= 11 is 5.78. The van der Waals surface area contributed by atoms with E-state index in [-0.39, 0.29) is 29.8 Å². The van der Waals surface area contributed by atoms with Gasteiger partial charge in [-0.3, -0.25) is 9.59 Å². The second kappa shape index (κ2) is 7.74. The van der Waals surface area contributed by atoms with Gasteiger partial charge in [0.1, 0.15) is 11.6 Å². The maximum atomic E-state index is 13.3. The van der Waals surface area contributed by atoms with Gasteiger partial charge in [-0.1, -0.05) is 23.7 Å². The van der Waals surface area contributed by atoms with E-state index in [4.69, 9.17) is 16.3 Å². The van der Waals surface area contributed by atoms with Crippen molar-refractivity contribution >= 4 is 29.1 Å². The zero-order valence-corrected chi connectivity index (χ0v) is 14.9. The van der Waals surface area contributed by atoms with E-state index in [1.807, 2.05) is 24.3 Å². The third-order valence-electron chi connectivity index (χ3n) is 4.31. The minimum atomic E-state index is -0.547. The van der Waals surface area contributed by atoms with Crippen molar-refractivity contribution in [3.05, 3.63) is 58.9 Å². The number of nitrogens with zero attached hydrogens (tertiary/aromatic N) is 1. The summed E-state index contributed by atoms with van der Waals surface area (Å²) in [4.78, 5) is 26.1. The molecular weight excluding hydrogens is 359 g/mol. The molecule has 3 rings (SSSR count). The molecule has 0 bridgehead atoms. The molecule has 2 aromatic rings. The first-order chi connectivity index (χ1) is 12.5. The van der Waals surface area contributed by atoms with Gasteiger partial charge in [-0.25, -0.2) is 4.39 Å². The summed E-state index contributed by atoms with van der Waals surface area (Å²) in [5, 5.41) is 2.79. The molecule has 1 aliphatic rings. The van der Waals surface area contributed by atoms with Crippen molar-refractivity contribution in [1.82, 2.24) is 5.32 Å². The molecule has 2 aromatic carbocycles. The smallest absolute Gasteiger partial charge is 0.227 e. The molecule has 5 nitrogen and oxygen atoms in total. The van der Waals surface area contributed by atoms with Crippen molar-refractivity contribution in [1.29, 1.82) is 0 Å². The molecule has 1 aliphatic heterocycles. The molecule has 7 heteroatoms. The number of hydrogen-bond acceptors (Lipinski definition) is 3. The molecule has 0 aliphatic carbocycles. The normalized spacial score (nSPS) is 16.7. The molecular formula is C19H18ClFN2O3. The van der Waals surface area contributed by atoms with Crippen LogP contribution in [0.25, 0.3) is 0 Å². The fourth-order valence-corrected chi connectivity index (χ4v) is 3.08. The number of rotatable bonds is 5. The van der Waals surface area contributed by atoms with Crippen LogP contribution >= 0.6 is 11.6 Å². The fourth-order valence-electron chi connectivity index (χ4n) is 2.90. The highest BCUT2D eigenvalue weighted by atomic mass is 35.5. The van der Waals surface area contributed by atoms with Crippen LogP contribution in [0.1, 0.15) is 12.0 Å². The van der Waals surface area contributed by atoms with E-state index < -0.39 is 11.7 Å². The van der Waals surface area contributed by atoms with Crippen LogP contribution in [0.3, 0.4) is 0 Å². The third kappa shape index (κ3) is 3.96. The number of methoxy groups -OCH3 is 1. The van der Waals surface area contributed by atoms with E-state index >= 15 is 0 Å². The van der Waals surface area contributed by atoms with E-state index in [1.165, 1.54) is 23.1 Å². The van der Waals surface area contributed by atoms with Gasteiger partial charge in [0.2, 0.25) is 11.8 Å². The number of carbonyl (C=O) groups is 2. The van der Waals surface area contributed by atoms with Gasteiger partial charge in [-0.15, -0.1) is 0 Å². The fraction of sp³-hybridized carbons (Fsp3) is 0.263. The van der Waals surface area contributed by atoms with Gasteiger partial charge < -0.3 is 15.0 Å². The zero-order chi connectivity index (χ0) is 18.7. The standard InChI is InChI=1S/C19H18ClFN2O3/c1-26-15-4-2-3-12(7-15)10-22-19(25)13-8-18(24)23(11-13)14-5-6-17(21)16(20)9-14/h2-7,9,13H,8,10-11H2,1H3,(H,22,25)/t13-/m0/s1. The van der Waals surface area contributed by atoms with Gasteiger partial charge in [0.15, 0.2) is 0 Å². The first-order valence-corrected chi connectivity index (χ1v) is 8.52. The molecule has 1 saturated heterocycles. The Balaban J connectivity index is 1.62. The molecule has 1 fully saturated rings. The lowest BCUT2D eigenvalue weighted by molar-refractivity contribution is -0.126. The molecule has 26 heavy (non-hydrogen) atoms. The first-order valence-electron chi connectivity index (χ1n) is 8.14. The quantitative estimate of drug-likeness (QED) is 0.872. The molecule has 0 radical (unpaired) electrons.